The number of ether oxygens (including phenoxy) is 2. The maximum absolute atomic E-state index is 12.8. The molecule has 8 heteroatoms. The summed E-state index contributed by atoms with van der Waals surface area (Å²) in [5, 5.41) is 6.62. The molecule has 2 rings (SSSR count). The summed E-state index contributed by atoms with van der Waals surface area (Å²) < 4.78 is 10.3. The van der Waals surface area contributed by atoms with E-state index in [2.05, 4.69) is 10.6 Å². The normalized spacial score (nSPS) is 16.6. The highest BCUT2D eigenvalue weighted by molar-refractivity contribution is 7.80. The molecule has 0 radical (unpaired) electrons. The van der Waals surface area contributed by atoms with Gasteiger partial charge in [0.15, 0.2) is 5.11 Å². The van der Waals surface area contributed by atoms with Crippen LogP contribution in [0.4, 0.5) is 5.69 Å². The molecule has 1 heterocycles. The fraction of sp³-hybridized carbons (Fsp3) is 0.450. The van der Waals surface area contributed by atoms with Crippen LogP contribution in [0.1, 0.15) is 38.8 Å². The Morgan fingerprint density at radius 3 is 2.68 bits per heavy atom. The van der Waals surface area contributed by atoms with Gasteiger partial charge in [-0.3, -0.25) is 4.79 Å². The zero-order chi connectivity index (χ0) is 20.7. The summed E-state index contributed by atoms with van der Waals surface area (Å²) in [7, 11) is 1.55. The van der Waals surface area contributed by atoms with Crippen LogP contribution in [-0.2, 0) is 19.1 Å². The number of esters is 1. The van der Waals surface area contributed by atoms with E-state index in [1.165, 1.54) is 0 Å². The molecular weight excluding hydrogens is 378 g/mol. The molecule has 0 spiro atoms. The Hall–Kier alpha value is -2.45. The van der Waals surface area contributed by atoms with Crippen molar-refractivity contribution in [3.63, 3.8) is 0 Å². The van der Waals surface area contributed by atoms with Crippen LogP contribution in [0, 0.1) is 0 Å². The Bertz CT molecular complexity index is 778. The van der Waals surface area contributed by atoms with Crippen LogP contribution in [0.5, 0.6) is 0 Å². The average Bonchev–Trinajstić information content (AvgIpc) is 2.68. The second-order valence-corrected chi connectivity index (χ2v) is 6.67. The molecule has 2 N–H and O–H groups in total. The van der Waals surface area contributed by atoms with E-state index in [4.69, 9.17) is 21.7 Å². The summed E-state index contributed by atoms with van der Waals surface area (Å²) >= 11 is 5.49. The number of thiocarbonyl (C=S) groups is 1. The molecule has 0 bridgehead atoms. The lowest BCUT2D eigenvalue weighted by molar-refractivity contribution is -0.140. The highest BCUT2D eigenvalue weighted by Crippen LogP contribution is 2.32. The largest absolute Gasteiger partial charge is 0.460 e. The third-order valence-corrected chi connectivity index (χ3v) is 4.82. The number of carbonyl (C=O) groups excluding carboxylic acids is 2. The number of rotatable bonds is 8. The van der Waals surface area contributed by atoms with E-state index in [0.717, 1.165) is 11.3 Å². The topological polar surface area (TPSA) is 79.9 Å². The molecule has 0 unspecified atom stereocenters. The summed E-state index contributed by atoms with van der Waals surface area (Å²) in [6.07, 6.45) is 0.386. The monoisotopic (exact) mass is 405 g/mol. The number of benzene rings is 1. The molecule has 1 aliphatic rings. The van der Waals surface area contributed by atoms with E-state index in [1.807, 2.05) is 43.0 Å². The van der Waals surface area contributed by atoms with Crippen molar-refractivity contribution in [1.82, 2.24) is 10.2 Å². The molecule has 1 aromatic carbocycles. The first-order chi connectivity index (χ1) is 13.4. The van der Waals surface area contributed by atoms with Gasteiger partial charge in [0.1, 0.15) is 6.61 Å². The van der Waals surface area contributed by atoms with E-state index >= 15 is 0 Å². The van der Waals surface area contributed by atoms with Gasteiger partial charge in [-0.05, 0) is 43.8 Å². The van der Waals surface area contributed by atoms with E-state index in [0.29, 0.717) is 35.9 Å². The zero-order valence-electron chi connectivity index (χ0n) is 16.7. The van der Waals surface area contributed by atoms with Gasteiger partial charge in [-0.15, -0.1) is 0 Å². The number of allylic oxidation sites excluding steroid dienone is 1. The fourth-order valence-corrected chi connectivity index (χ4v) is 3.40. The molecule has 1 aromatic rings. The lowest BCUT2D eigenvalue weighted by Gasteiger charge is -2.37. The summed E-state index contributed by atoms with van der Waals surface area (Å²) in [5.74, 6) is -0.497. The van der Waals surface area contributed by atoms with Crippen molar-refractivity contribution >= 4 is 34.9 Å². The first-order valence-corrected chi connectivity index (χ1v) is 9.68. The molecule has 0 aromatic heterocycles. The van der Waals surface area contributed by atoms with Crippen LogP contribution in [-0.4, -0.2) is 48.8 Å². The van der Waals surface area contributed by atoms with Gasteiger partial charge in [0.05, 0.1) is 18.2 Å². The third kappa shape index (κ3) is 5.08. The highest BCUT2D eigenvalue weighted by Gasteiger charge is 2.34. The van der Waals surface area contributed by atoms with Crippen molar-refractivity contribution in [2.45, 2.75) is 33.2 Å². The molecule has 0 saturated carbocycles. The van der Waals surface area contributed by atoms with Crippen molar-refractivity contribution in [3.8, 4) is 0 Å². The van der Waals surface area contributed by atoms with Crippen molar-refractivity contribution < 1.29 is 19.1 Å². The number of hydrogen-bond acceptors (Lipinski definition) is 5. The summed E-state index contributed by atoms with van der Waals surface area (Å²) in [4.78, 5) is 26.4. The van der Waals surface area contributed by atoms with Gasteiger partial charge in [0.25, 0.3) is 0 Å². The second-order valence-electron chi connectivity index (χ2n) is 6.28. The maximum atomic E-state index is 12.8. The lowest BCUT2D eigenvalue weighted by Crippen LogP contribution is -2.47. The van der Waals surface area contributed by atoms with Gasteiger partial charge < -0.3 is 25.0 Å². The molecular formula is C20H27N3O4S. The quantitative estimate of drug-likeness (QED) is 0.391. The fourth-order valence-electron chi connectivity index (χ4n) is 3.02. The summed E-state index contributed by atoms with van der Waals surface area (Å²) in [6, 6.07) is 6.90. The van der Waals surface area contributed by atoms with Crippen molar-refractivity contribution in [2.75, 3.05) is 32.2 Å². The molecule has 1 atom stereocenters. The van der Waals surface area contributed by atoms with Gasteiger partial charge in [-0.1, -0.05) is 19.1 Å². The number of hydrogen-bond donors (Lipinski definition) is 2. The zero-order valence-corrected chi connectivity index (χ0v) is 17.5. The third-order valence-electron chi connectivity index (χ3n) is 4.48. The van der Waals surface area contributed by atoms with Crippen molar-refractivity contribution in [3.05, 3.63) is 41.1 Å². The van der Waals surface area contributed by atoms with Gasteiger partial charge in [0, 0.05) is 31.5 Å². The van der Waals surface area contributed by atoms with Crippen LogP contribution in [0.25, 0.3) is 0 Å². The predicted octanol–water partition coefficient (Wildman–Crippen LogP) is 2.75. The lowest BCUT2D eigenvalue weighted by atomic mass is 9.94. The molecule has 0 saturated heterocycles. The number of carbonyl (C=O) groups is 2. The molecule has 7 nitrogen and oxygen atoms in total. The number of nitrogens with zero attached hydrogens (tertiary/aromatic N) is 1. The number of anilines is 1. The van der Waals surface area contributed by atoms with Crippen molar-refractivity contribution in [2.24, 2.45) is 0 Å². The van der Waals surface area contributed by atoms with Crippen LogP contribution >= 0.6 is 12.2 Å². The molecule has 152 valence electrons. The van der Waals surface area contributed by atoms with E-state index < -0.39 is 12.0 Å². The first-order valence-electron chi connectivity index (χ1n) is 9.27. The van der Waals surface area contributed by atoms with E-state index in [-0.39, 0.29) is 12.5 Å². The summed E-state index contributed by atoms with van der Waals surface area (Å²) in [6.45, 7) is 6.74. The van der Waals surface area contributed by atoms with E-state index in [1.54, 1.807) is 14.0 Å². The minimum absolute atomic E-state index is 0.0765. The van der Waals surface area contributed by atoms with Gasteiger partial charge in [0.2, 0.25) is 5.91 Å². The van der Waals surface area contributed by atoms with Gasteiger partial charge in [-0.2, -0.15) is 0 Å². The first kappa shape index (κ1) is 21.8. The minimum Gasteiger partial charge on any atom is -0.460 e. The Labute approximate surface area is 171 Å². The minimum atomic E-state index is -0.469. The molecule has 1 aliphatic heterocycles. The van der Waals surface area contributed by atoms with Crippen LogP contribution in [0.15, 0.2) is 35.5 Å². The SMILES string of the molecule is CCC(=O)Nc1cccc([C@@H]2NC(=S)N(CC)C(C)=C2C(=O)OCCOC)c1. The summed E-state index contributed by atoms with van der Waals surface area (Å²) in [5.41, 5.74) is 2.72. The van der Waals surface area contributed by atoms with Crippen LogP contribution < -0.4 is 10.6 Å². The Balaban J connectivity index is 2.40. The Morgan fingerprint density at radius 2 is 2.04 bits per heavy atom. The standard InChI is InChI=1S/C20H27N3O4S/c1-5-16(24)21-15-9-7-8-14(12-15)18-17(19(25)27-11-10-26-4)13(3)23(6-2)20(28)22-18/h7-9,12,18H,5-6,10-11H2,1-4H3,(H,21,24)(H,22,28)/t18-/m0/s1. The van der Waals surface area contributed by atoms with Crippen molar-refractivity contribution in [1.29, 1.82) is 0 Å². The predicted molar refractivity (Wildman–Crippen MR) is 112 cm³/mol. The molecule has 28 heavy (non-hydrogen) atoms. The molecule has 1 amide bonds. The number of nitrogens with one attached hydrogen (secondary N) is 2. The Morgan fingerprint density at radius 1 is 1.29 bits per heavy atom. The highest BCUT2D eigenvalue weighted by atomic mass is 32.1. The van der Waals surface area contributed by atoms with Gasteiger partial charge in [-0.25, -0.2) is 4.79 Å². The average molecular weight is 406 g/mol. The molecule has 0 fully saturated rings. The van der Waals surface area contributed by atoms with Gasteiger partial charge >= 0.3 is 5.97 Å². The second kappa shape index (κ2) is 10.2. The van der Waals surface area contributed by atoms with Crippen LogP contribution in [0.3, 0.4) is 0 Å². The Kier molecular flexibility index (Phi) is 7.95. The van der Waals surface area contributed by atoms with Crippen LogP contribution in [0.2, 0.25) is 0 Å². The number of amides is 1. The number of methoxy groups -OCH3 is 1. The molecule has 0 aliphatic carbocycles. The smallest absolute Gasteiger partial charge is 0.338 e. The maximum Gasteiger partial charge on any atom is 0.338 e. The van der Waals surface area contributed by atoms with E-state index in [9.17, 15) is 9.59 Å².